The summed E-state index contributed by atoms with van der Waals surface area (Å²) in [4.78, 5) is 27.1. The molecule has 6 nitrogen and oxygen atoms in total. The molecule has 0 aliphatic carbocycles. The number of hydrogen-bond acceptors (Lipinski definition) is 3. The second-order valence-electron chi connectivity index (χ2n) is 6.90. The highest BCUT2D eigenvalue weighted by Gasteiger charge is 2.31. The van der Waals surface area contributed by atoms with Crippen molar-refractivity contribution in [2.75, 3.05) is 5.32 Å². The monoisotopic (exact) mass is 428 g/mol. The number of carboxylic acid groups (broad SMARTS) is 1. The highest BCUT2D eigenvalue weighted by molar-refractivity contribution is 6.36. The third-order valence-electron chi connectivity index (χ3n) is 4.73. The van der Waals surface area contributed by atoms with Gasteiger partial charge in [-0.2, -0.15) is 0 Å². The first-order chi connectivity index (χ1) is 14.6. The second-order valence-corrected chi connectivity index (χ2v) is 6.90. The van der Waals surface area contributed by atoms with Gasteiger partial charge >= 0.3 is 12.3 Å². The maximum Gasteiger partial charge on any atom is 0.573 e. The van der Waals surface area contributed by atoms with Gasteiger partial charge in [-0.05, 0) is 48.4 Å². The standard InChI is InChI=1S/C22H15F3N2O4/c1-11-9-15(21(29)30)18(26-11)10-16-19-14(3-2-4-17(19)27-20(16)28)12-5-7-13(8-6-12)31-22(23,24)25/h2-10,26H,1H3,(H,27,28)(H,29,30)/b16-10-. The van der Waals surface area contributed by atoms with Crippen LogP contribution in [0.2, 0.25) is 0 Å². The van der Waals surface area contributed by atoms with Crippen molar-refractivity contribution in [1.82, 2.24) is 4.98 Å². The van der Waals surface area contributed by atoms with Gasteiger partial charge in [-0.15, -0.1) is 13.2 Å². The number of carbonyl (C=O) groups excluding carboxylic acids is 1. The summed E-state index contributed by atoms with van der Waals surface area (Å²) in [6, 6.07) is 11.9. The topological polar surface area (TPSA) is 91.4 Å². The molecule has 1 aromatic heterocycles. The van der Waals surface area contributed by atoms with Crippen LogP contribution in [0.25, 0.3) is 22.8 Å². The molecule has 0 bridgehead atoms. The summed E-state index contributed by atoms with van der Waals surface area (Å²) >= 11 is 0. The Kier molecular flexibility index (Phi) is 4.81. The zero-order valence-electron chi connectivity index (χ0n) is 16.0. The van der Waals surface area contributed by atoms with E-state index in [1.54, 1.807) is 25.1 Å². The fraction of sp³-hybridized carbons (Fsp3) is 0.0909. The van der Waals surface area contributed by atoms with Crippen LogP contribution in [-0.4, -0.2) is 28.3 Å². The van der Waals surface area contributed by atoms with Crippen LogP contribution in [0, 0.1) is 6.92 Å². The minimum atomic E-state index is -4.79. The highest BCUT2D eigenvalue weighted by atomic mass is 19.4. The van der Waals surface area contributed by atoms with Gasteiger partial charge in [0.15, 0.2) is 0 Å². The normalized spacial score (nSPS) is 14.5. The van der Waals surface area contributed by atoms with Crippen LogP contribution in [0.3, 0.4) is 0 Å². The average molecular weight is 428 g/mol. The van der Waals surface area contributed by atoms with E-state index in [2.05, 4.69) is 15.0 Å². The van der Waals surface area contributed by atoms with E-state index in [9.17, 15) is 27.9 Å². The molecule has 0 fully saturated rings. The summed E-state index contributed by atoms with van der Waals surface area (Å²) < 4.78 is 41.2. The van der Waals surface area contributed by atoms with Gasteiger partial charge < -0.3 is 20.1 Å². The maximum atomic E-state index is 12.6. The summed E-state index contributed by atoms with van der Waals surface area (Å²) in [5.74, 6) is -1.91. The summed E-state index contributed by atoms with van der Waals surface area (Å²) in [5.41, 5.74) is 3.37. The first kappa shape index (κ1) is 20.3. The van der Waals surface area contributed by atoms with Crippen molar-refractivity contribution in [3.8, 4) is 16.9 Å². The summed E-state index contributed by atoms with van der Waals surface area (Å²) in [6.07, 6.45) is -3.33. The Bertz CT molecular complexity index is 1220. The molecule has 0 spiro atoms. The summed E-state index contributed by atoms with van der Waals surface area (Å²) in [6.45, 7) is 1.70. The summed E-state index contributed by atoms with van der Waals surface area (Å²) in [5, 5.41) is 12.1. The maximum absolute atomic E-state index is 12.6. The van der Waals surface area contributed by atoms with Gasteiger partial charge in [0, 0.05) is 16.9 Å². The zero-order valence-corrected chi connectivity index (χ0v) is 16.0. The van der Waals surface area contributed by atoms with E-state index in [0.29, 0.717) is 28.1 Å². The predicted molar refractivity (Wildman–Crippen MR) is 108 cm³/mol. The molecule has 4 rings (SSSR count). The van der Waals surface area contributed by atoms with E-state index in [1.165, 1.54) is 36.4 Å². The van der Waals surface area contributed by atoms with Crippen LogP contribution in [0.4, 0.5) is 18.9 Å². The molecule has 9 heteroatoms. The first-order valence-electron chi connectivity index (χ1n) is 9.08. The molecule has 2 heterocycles. The van der Waals surface area contributed by atoms with Crippen molar-refractivity contribution in [1.29, 1.82) is 0 Å². The number of carboxylic acids is 1. The number of ether oxygens (including phenoxy) is 1. The number of H-pyrrole nitrogens is 1. The lowest BCUT2D eigenvalue weighted by molar-refractivity contribution is -0.274. The number of aromatic carboxylic acids is 1. The van der Waals surface area contributed by atoms with Crippen LogP contribution in [0.1, 0.15) is 27.3 Å². The predicted octanol–water partition coefficient (Wildman–Crippen LogP) is 5.08. The van der Waals surface area contributed by atoms with Crippen LogP contribution >= 0.6 is 0 Å². The molecule has 1 amide bonds. The van der Waals surface area contributed by atoms with E-state index < -0.39 is 18.2 Å². The molecule has 31 heavy (non-hydrogen) atoms. The third kappa shape index (κ3) is 4.02. The van der Waals surface area contributed by atoms with Gasteiger partial charge in [-0.25, -0.2) is 4.79 Å². The van der Waals surface area contributed by atoms with Crippen LogP contribution in [0.15, 0.2) is 48.5 Å². The number of anilines is 1. The number of alkyl halides is 3. The van der Waals surface area contributed by atoms with Crippen molar-refractivity contribution >= 4 is 29.2 Å². The number of carbonyl (C=O) groups is 2. The van der Waals surface area contributed by atoms with Crippen molar-refractivity contribution in [3.63, 3.8) is 0 Å². The quantitative estimate of drug-likeness (QED) is 0.506. The first-order valence-corrected chi connectivity index (χ1v) is 9.08. The Morgan fingerprint density at radius 2 is 1.84 bits per heavy atom. The molecule has 0 unspecified atom stereocenters. The number of nitrogens with one attached hydrogen (secondary N) is 2. The third-order valence-corrected chi connectivity index (χ3v) is 4.73. The van der Waals surface area contributed by atoms with Crippen molar-refractivity contribution in [3.05, 3.63) is 71.0 Å². The van der Waals surface area contributed by atoms with E-state index in [1.807, 2.05) is 0 Å². The Labute approximate surface area is 174 Å². The lowest BCUT2D eigenvalue weighted by Gasteiger charge is -2.11. The Morgan fingerprint density at radius 1 is 1.13 bits per heavy atom. The number of benzene rings is 2. The molecule has 0 saturated carbocycles. The molecule has 1 aliphatic heterocycles. The Hall–Kier alpha value is -4.01. The van der Waals surface area contributed by atoms with Gasteiger partial charge in [0.1, 0.15) is 5.75 Å². The SMILES string of the molecule is Cc1cc(C(=O)O)c(/C=C2\C(=O)Nc3cccc(-c4ccc(OC(F)(F)F)cc4)c32)[nH]1. The molecule has 3 N–H and O–H groups in total. The van der Waals surface area contributed by atoms with Gasteiger partial charge in [-0.3, -0.25) is 4.79 Å². The minimum Gasteiger partial charge on any atom is -0.478 e. The van der Waals surface area contributed by atoms with Gasteiger partial charge in [0.25, 0.3) is 5.91 Å². The number of rotatable bonds is 4. The molecule has 158 valence electrons. The molecule has 0 saturated heterocycles. The van der Waals surface area contributed by atoms with E-state index in [0.717, 1.165) is 0 Å². The van der Waals surface area contributed by atoms with Crippen LogP contribution in [-0.2, 0) is 4.79 Å². The fourth-order valence-electron chi connectivity index (χ4n) is 3.51. The lowest BCUT2D eigenvalue weighted by atomic mass is 9.94. The molecule has 2 aromatic carbocycles. The van der Waals surface area contributed by atoms with Gasteiger partial charge in [0.05, 0.1) is 16.8 Å². The van der Waals surface area contributed by atoms with Crippen molar-refractivity contribution < 1.29 is 32.6 Å². The molecular weight excluding hydrogens is 413 g/mol. The largest absolute Gasteiger partial charge is 0.573 e. The molecule has 1 aliphatic rings. The number of aromatic amines is 1. The van der Waals surface area contributed by atoms with Crippen LogP contribution in [0.5, 0.6) is 5.75 Å². The summed E-state index contributed by atoms with van der Waals surface area (Å²) in [7, 11) is 0. The second kappa shape index (κ2) is 7.35. The highest BCUT2D eigenvalue weighted by Crippen LogP contribution is 2.41. The van der Waals surface area contributed by atoms with Gasteiger partial charge in [-0.1, -0.05) is 24.3 Å². The van der Waals surface area contributed by atoms with Crippen molar-refractivity contribution in [2.24, 2.45) is 0 Å². The molecule has 0 atom stereocenters. The van der Waals surface area contributed by atoms with E-state index >= 15 is 0 Å². The molecule has 0 radical (unpaired) electrons. The number of amides is 1. The Morgan fingerprint density at radius 3 is 2.48 bits per heavy atom. The lowest BCUT2D eigenvalue weighted by Crippen LogP contribution is -2.16. The number of fused-ring (bicyclic) bond motifs is 1. The molecular formula is C22H15F3N2O4. The number of aryl methyl sites for hydroxylation is 1. The number of hydrogen-bond donors (Lipinski definition) is 3. The van der Waals surface area contributed by atoms with Crippen molar-refractivity contribution in [2.45, 2.75) is 13.3 Å². The van der Waals surface area contributed by atoms with Crippen LogP contribution < -0.4 is 10.1 Å². The Balaban J connectivity index is 1.80. The van der Waals surface area contributed by atoms with E-state index in [4.69, 9.17) is 0 Å². The smallest absolute Gasteiger partial charge is 0.478 e. The van der Waals surface area contributed by atoms with E-state index in [-0.39, 0.29) is 22.6 Å². The average Bonchev–Trinajstić information content (AvgIpc) is 3.21. The number of halogens is 3. The minimum absolute atomic E-state index is 0.0254. The number of aromatic nitrogens is 1. The zero-order chi connectivity index (χ0) is 22.3. The van der Waals surface area contributed by atoms with Gasteiger partial charge in [0.2, 0.25) is 0 Å². The fourth-order valence-corrected chi connectivity index (χ4v) is 3.51. The molecule has 3 aromatic rings.